The van der Waals surface area contributed by atoms with E-state index in [1.165, 1.54) is 17.4 Å². The fourth-order valence-electron chi connectivity index (χ4n) is 2.29. The Labute approximate surface area is 140 Å². The molecule has 0 saturated heterocycles. The highest BCUT2D eigenvalue weighted by Gasteiger charge is 2.35. The highest BCUT2D eigenvalue weighted by molar-refractivity contribution is 7.15. The number of Topliss-reactive ketones (excluding diaryl/α,β-unsaturated/α-hetero) is 1. The van der Waals surface area contributed by atoms with Crippen molar-refractivity contribution in [2.75, 3.05) is 25.5 Å². The van der Waals surface area contributed by atoms with Gasteiger partial charge in [0, 0.05) is 16.5 Å². The predicted molar refractivity (Wildman–Crippen MR) is 92.2 cm³/mol. The Kier molecular flexibility index (Phi) is 4.59. The lowest BCUT2D eigenvalue weighted by Gasteiger charge is -2.16. The summed E-state index contributed by atoms with van der Waals surface area (Å²) in [6.07, 6.45) is 1.32. The molecule has 0 aromatic carbocycles. The van der Waals surface area contributed by atoms with Crippen molar-refractivity contribution in [3.8, 4) is 0 Å². The Bertz CT molecular complexity index is 708. The van der Waals surface area contributed by atoms with Crippen molar-refractivity contribution in [3.05, 3.63) is 27.5 Å². The second-order valence-corrected chi connectivity index (χ2v) is 8.09. The number of hydrogen-bond acceptors (Lipinski definition) is 5. The van der Waals surface area contributed by atoms with Gasteiger partial charge in [0.05, 0.1) is 17.1 Å². The van der Waals surface area contributed by atoms with Crippen LogP contribution in [0.5, 0.6) is 0 Å². The molecule has 5 nitrogen and oxygen atoms in total. The van der Waals surface area contributed by atoms with Gasteiger partial charge in [-0.3, -0.25) is 14.4 Å². The maximum Gasteiger partial charge on any atom is 0.261 e. The number of carbonyl (C=O) groups is 3. The zero-order valence-electron chi connectivity index (χ0n) is 14.4. The summed E-state index contributed by atoms with van der Waals surface area (Å²) in [6, 6.07) is 1.80. The highest BCUT2D eigenvalue weighted by atomic mass is 32.1. The minimum absolute atomic E-state index is 0.0874. The molecule has 1 aliphatic heterocycles. The van der Waals surface area contributed by atoms with E-state index in [-0.39, 0.29) is 29.6 Å². The van der Waals surface area contributed by atoms with Crippen LogP contribution in [-0.2, 0) is 15.0 Å². The third-order valence-corrected chi connectivity index (χ3v) is 5.10. The van der Waals surface area contributed by atoms with E-state index in [0.29, 0.717) is 16.1 Å². The van der Waals surface area contributed by atoms with Crippen molar-refractivity contribution in [1.29, 1.82) is 0 Å². The van der Waals surface area contributed by atoms with Gasteiger partial charge in [-0.2, -0.15) is 0 Å². The van der Waals surface area contributed by atoms with Crippen molar-refractivity contribution in [2.24, 2.45) is 0 Å². The van der Waals surface area contributed by atoms with E-state index >= 15 is 0 Å². The van der Waals surface area contributed by atoms with Crippen molar-refractivity contribution in [3.63, 3.8) is 0 Å². The third-order valence-electron chi connectivity index (χ3n) is 3.51. The van der Waals surface area contributed by atoms with E-state index in [0.717, 1.165) is 9.78 Å². The molecule has 1 aromatic heterocycles. The standard InChI is InChI=1S/C17H22N2O3S/c1-10-7-14(21)19(16(10)22)11-8-13(17(2,3)4)23-15(11)12(20)9-18(5)6/h7-8H,9H2,1-6H3. The molecule has 0 bridgehead atoms. The SMILES string of the molecule is CC1=CC(=O)N(c2cc(C(C)(C)C)sc2C(=O)CN(C)C)C1=O. The molecule has 0 saturated carbocycles. The highest BCUT2D eigenvalue weighted by Crippen LogP contribution is 2.39. The number of nitrogens with zero attached hydrogens (tertiary/aromatic N) is 2. The molecule has 2 amide bonds. The minimum Gasteiger partial charge on any atom is -0.302 e. The molecule has 0 N–H and O–H groups in total. The Hall–Kier alpha value is -1.79. The number of hydrogen-bond donors (Lipinski definition) is 0. The van der Waals surface area contributed by atoms with Crippen LogP contribution in [0.1, 0.15) is 42.2 Å². The monoisotopic (exact) mass is 334 g/mol. The smallest absolute Gasteiger partial charge is 0.261 e. The Balaban J connectivity index is 2.53. The number of carbonyl (C=O) groups excluding carboxylic acids is 3. The molecule has 0 radical (unpaired) electrons. The van der Waals surface area contributed by atoms with Gasteiger partial charge >= 0.3 is 0 Å². The third kappa shape index (κ3) is 3.43. The van der Waals surface area contributed by atoms with Crippen LogP contribution in [0.2, 0.25) is 0 Å². The summed E-state index contributed by atoms with van der Waals surface area (Å²) in [5.74, 6) is -0.826. The molecule has 0 atom stereocenters. The maximum absolute atomic E-state index is 12.6. The lowest BCUT2D eigenvalue weighted by Crippen LogP contribution is -2.32. The van der Waals surface area contributed by atoms with E-state index in [1.54, 1.807) is 17.9 Å². The number of likely N-dealkylation sites (N-methyl/N-ethyl adjacent to an activating group) is 1. The summed E-state index contributed by atoms with van der Waals surface area (Å²) in [7, 11) is 3.63. The van der Waals surface area contributed by atoms with Gasteiger partial charge in [0.1, 0.15) is 0 Å². The van der Waals surface area contributed by atoms with E-state index < -0.39 is 0 Å². The molecule has 0 aliphatic carbocycles. The number of rotatable bonds is 4. The molecule has 0 unspecified atom stereocenters. The first-order valence-electron chi connectivity index (χ1n) is 7.41. The number of anilines is 1. The van der Waals surface area contributed by atoms with Gasteiger partial charge in [-0.05, 0) is 32.5 Å². The second kappa shape index (κ2) is 6.02. The fourth-order valence-corrected chi connectivity index (χ4v) is 3.42. The van der Waals surface area contributed by atoms with Crippen LogP contribution in [0, 0.1) is 0 Å². The van der Waals surface area contributed by atoms with Gasteiger partial charge in [-0.1, -0.05) is 20.8 Å². The Morgan fingerprint density at radius 1 is 1.26 bits per heavy atom. The Morgan fingerprint density at radius 2 is 1.87 bits per heavy atom. The van der Waals surface area contributed by atoms with Crippen molar-refractivity contribution < 1.29 is 14.4 Å². The van der Waals surface area contributed by atoms with Crippen molar-refractivity contribution >= 4 is 34.6 Å². The first-order valence-corrected chi connectivity index (χ1v) is 8.23. The average Bonchev–Trinajstić information content (AvgIpc) is 2.91. The van der Waals surface area contributed by atoms with Crippen LogP contribution in [-0.4, -0.2) is 43.1 Å². The molecule has 1 aliphatic rings. The molecule has 0 spiro atoms. The van der Waals surface area contributed by atoms with E-state index in [9.17, 15) is 14.4 Å². The van der Waals surface area contributed by atoms with E-state index in [2.05, 4.69) is 0 Å². The summed E-state index contributed by atoms with van der Waals surface area (Å²) in [4.78, 5) is 41.4. The number of amides is 2. The molecule has 2 heterocycles. The topological polar surface area (TPSA) is 57.7 Å². The van der Waals surface area contributed by atoms with E-state index in [1.807, 2.05) is 34.9 Å². The first-order chi connectivity index (χ1) is 10.5. The second-order valence-electron chi connectivity index (χ2n) is 7.04. The normalized spacial score (nSPS) is 15.6. The summed E-state index contributed by atoms with van der Waals surface area (Å²) < 4.78 is 0. The summed E-state index contributed by atoms with van der Waals surface area (Å²) in [6.45, 7) is 7.97. The largest absolute Gasteiger partial charge is 0.302 e. The average molecular weight is 334 g/mol. The van der Waals surface area contributed by atoms with Crippen LogP contribution in [0.25, 0.3) is 0 Å². The zero-order chi connectivity index (χ0) is 17.5. The molecular formula is C17H22N2O3S. The summed E-state index contributed by atoms with van der Waals surface area (Å²) >= 11 is 1.36. The first kappa shape index (κ1) is 17.6. The van der Waals surface area contributed by atoms with Gasteiger partial charge in [-0.15, -0.1) is 11.3 Å². The van der Waals surface area contributed by atoms with Gasteiger partial charge < -0.3 is 4.90 Å². The number of imide groups is 1. The van der Waals surface area contributed by atoms with E-state index in [4.69, 9.17) is 0 Å². The van der Waals surface area contributed by atoms with Crippen LogP contribution in [0.15, 0.2) is 17.7 Å². The van der Waals surface area contributed by atoms with Crippen molar-refractivity contribution in [1.82, 2.24) is 4.90 Å². The zero-order valence-corrected chi connectivity index (χ0v) is 15.2. The van der Waals surface area contributed by atoms with Crippen LogP contribution in [0.4, 0.5) is 5.69 Å². The van der Waals surface area contributed by atoms with Crippen LogP contribution >= 0.6 is 11.3 Å². The molecule has 6 heteroatoms. The fraction of sp³-hybridized carbons (Fsp3) is 0.471. The van der Waals surface area contributed by atoms with Crippen molar-refractivity contribution in [2.45, 2.75) is 33.1 Å². The number of ketones is 1. The molecular weight excluding hydrogens is 312 g/mol. The summed E-state index contributed by atoms with van der Waals surface area (Å²) in [5.41, 5.74) is 0.643. The Morgan fingerprint density at radius 3 is 2.30 bits per heavy atom. The van der Waals surface area contributed by atoms with Crippen LogP contribution < -0.4 is 4.90 Å². The van der Waals surface area contributed by atoms with Gasteiger partial charge in [0.15, 0.2) is 5.78 Å². The molecule has 0 fully saturated rings. The van der Waals surface area contributed by atoms with Gasteiger partial charge in [0.2, 0.25) is 0 Å². The van der Waals surface area contributed by atoms with Gasteiger partial charge in [-0.25, -0.2) is 4.90 Å². The number of thiophene rings is 1. The molecule has 124 valence electrons. The summed E-state index contributed by atoms with van der Waals surface area (Å²) in [5, 5.41) is 0. The quantitative estimate of drug-likeness (QED) is 0.627. The molecule has 1 aromatic rings. The van der Waals surface area contributed by atoms with Gasteiger partial charge in [0.25, 0.3) is 11.8 Å². The van der Waals surface area contributed by atoms with Crippen LogP contribution in [0.3, 0.4) is 0 Å². The molecule has 23 heavy (non-hydrogen) atoms. The predicted octanol–water partition coefficient (Wildman–Crippen LogP) is 2.61. The lowest BCUT2D eigenvalue weighted by molar-refractivity contribution is -0.120. The maximum atomic E-state index is 12.6. The molecule has 2 rings (SSSR count). The lowest BCUT2D eigenvalue weighted by atomic mass is 9.94. The minimum atomic E-state index is -0.385.